The van der Waals surface area contributed by atoms with Gasteiger partial charge >= 0.3 is 5.97 Å². The number of hydrogen-bond acceptors (Lipinski definition) is 4. The fourth-order valence-electron chi connectivity index (χ4n) is 2.75. The molecule has 28 heavy (non-hydrogen) atoms. The summed E-state index contributed by atoms with van der Waals surface area (Å²) < 4.78 is 2.98. The highest BCUT2D eigenvalue weighted by molar-refractivity contribution is 6.35. The van der Waals surface area contributed by atoms with Crippen LogP contribution in [0.3, 0.4) is 0 Å². The van der Waals surface area contributed by atoms with E-state index in [0.717, 1.165) is 11.3 Å². The molecule has 2 aromatic heterocycles. The molecule has 10 heteroatoms. The summed E-state index contributed by atoms with van der Waals surface area (Å²) in [6.07, 6.45) is 2.49. The molecule has 0 aliphatic carbocycles. The molecule has 2 heterocycles. The van der Waals surface area contributed by atoms with Crippen molar-refractivity contribution in [1.29, 1.82) is 0 Å². The minimum atomic E-state index is -1.10. The van der Waals surface area contributed by atoms with E-state index < -0.39 is 5.97 Å². The van der Waals surface area contributed by atoms with Gasteiger partial charge in [0, 0.05) is 21.8 Å². The van der Waals surface area contributed by atoms with Crippen LogP contribution in [0.4, 0.5) is 5.69 Å². The first-order chi connectivity index (χ1) is 13.3. The number of aromatic carboxylic acids is 1. The summed E-state index contributed by atoms with van der Waals surface area (Å²) in [5, 5.41) is 21.1. The number of benzene rings is 1. The van der Waals surface area contributed by atoms with Crippen LogP contribution >= 0.6 is 23.2 Å². The van der Waals surface area contributed by atoms with E-state index in [0.29, 0.717) is 28.0 Å². The van der Waals surface area contributed by atoms with Crippen molar-refractivity contribution in [2.24, 2.45) is 0 Å². The van der Waals surface area contributed by atoms with E-state index >= 15 is 0 Å². The highest BCUT2D eigenvalue weighted by atomic mass is 35.5. The molecule has 0 aliphatic rings. The molecule has 0 bridgehead atoms. The Bertz CT molecular complexity index is 1040. The summed E-state index contributed by atoms with van der Waals surface area (Å²) in [5.74, 6) is -1.44. The molecule has 0 spiro atoms. The normalized spacial score (nSPS) is 10.9. The predicted octanol–water partition coefficient (Wildman–Crippen LogP) is 3.39. The van der Waals surface area contributed by atoms with E-state index in [1.165, 1.54) is 17.1 Å². The van der Waals surface area contributed by atoms with Crippen molar-refractivity contribution in [3.05, 3.63) is 63.2 Å². The van der Waals surface area contributed by atoms with Crippen LogP contribution in [0.5, 0.6) is 0 Å². The van der Waals surface area contributed by atoms with E-state index in [9.17, 15) is 9.59 Å². The Morgan fingerprint density at radius 3 is 2.50 bits per heavy atom. The summed E-state index contributed by atoms with van der Waals surface area (Å²) in [5.41, 5.74) is 2.73. The van der Waals surface area contributed by atoms with Gasteiger partial charge in [0.1, 0.15) is 6.54 Å². The zero-order valence-corrected chi connectivity index (χ0v) is 16.6. The quantitative estimate of drug-likeness (QED) is 0.634. The molecule has 1 amide bonds. The third-order valence-corrected chi connectivity index (χ3v) is 4.91. The van der Waals surface area contributed by atoms with E-state index in [1.54, 1.807) is 29.8 Å². The van der Waals surface area contributed by atoms with E-state index in [-0.39, 0.29) is 18.0 Å². The Kier molecular flexibility index (Phi) is 5.71. The van der Waals surface area contributed by atoms with Crippen LogP contribution in [0.15, 0.2) is 30.6 Å². The van der Waals surface area contributed by atoms with Gasteiger partial charge in [0.25, 0.3) is 0 Å². The van der Waals surface area contributed by atoms with Crippen LogP contribution in [0.1, 0.15) is 27.3 Å². The molecule has 0 saturated heterocycles. The predicted molar refractivity (Wildman–Crippen MR) is 105 cm³/mol. The summed E-state index contributed by atoms with van der Waals surface area (Å²) in [7, 11) is 0. The van der Waals surface area contributed by atoms with Gasteiger partial charge in [-0.05, 0) is 26.0 Å². The van der Waals surface area contributed by atoms with Gasteiger partial charge in [-0.15, -0.1) is 0 Å². The van der Waals surface area contributed by atoms with Gasteiger partial charge in [0.2, 0.25) is 5.91 Å². The van der Waals surface area contributed by atoms with Crippen LogP contribution in [0, 0.1) is 13.8 Å². The van der Waals surface area contributed by atoms with Gasteiger partial charge in [0.15, 0.2) is 0 Å². The number of halogens is 2. The second-order valence-corrected chi connectivity index (χ2v) is 7.00. The number of rotatable bonds is 6. The summed E-state index contributed by atoms with van der Waals surface area (Å²) >= 11 is 12.5. The number of carboxylic acid groups (broad SMARTS) is 1. The van der Waals surface area contributed by atoms with Crippen LogP contribution in [0.2, 0.25) is 10.0 Å². The van der Waals surface area contributed by atoms with Crippen LogP contribution in [0.25, 0.3) is 0 Å². The maximum Gasteiger partial charge on any atom is 0.338 e. The van der Waals surface area contributed by atoms with Gasteiger partial charge < -0.3 is 10.4 Å². The number of anilines is 1. The molecule has 0 atom stereocenters. The van der Waals surface area contributed by atoms with Crippen LogP contribution in [-0.2, 0) is 17.9 Å². The minimum absolute atomic E-state index is 0.0181. The van der Waals surface area contributed by atoms with Crippen LogP contribution < -0.4 is 5.32 Å². The zero-order chi connectivity index (χ0) is 20.4. The van der Waals surface area contributed by atoms with E-state index in [4.69, 9.17) is 28.3 Å². The molecule has 0 aliphatic heterocycles. The molecular weight excluding hydrogens is 405 g/mol. The Hall–Kier alpha value is -2.84. The minimum Gasteiger partial charge on any atom is -0.478 e. The number of hydrogen-bond donors (Lipinski definition) is 2. The molecular formula is C18H17Cl2N5O3. The summed E-state index contributed by atoms with van der Waals surface area (Å²) in [4.78, 5) is 23.2. The number of aryl methyl sites for hydroxylation is 1. The first-order valence-corrected chi connectivity index (χ1v) is 9.04. The third kappa shape index (κ3) is 4.18. The van der Waals surface area contributed by atoms with Crippen molar-refractivity contribution < 1.29 is 14.7 Å². The molecule has 2 N–H and O–H groups in total. The largest absolute Gasteiger partial charge is 0.478 e. The fraction of sp³-hybridized carbons (Fsp3) is 0.222. The fourth-order valence-corrected chi connectivity index (χ4v) is 3.27. The second-order valence-electron chi connectivity index (χ2n) is 6.18. The van der Waals surface area contributed by atoms with Crippen molar-refractivity contribution in [2.45, 2.75) is 26.9 Å². The maximum atomic E-state index is 12.3. The Morgan fingerprint density at radius 2 is 1.89 bits per heavy atom. The molecule has 3 aromatic rings. The highest BCUT2D eigenvalue weighted by Gasteiger charge is 2.17. The summed E-state index contributed by atoms with van der Waals surface area (Å²) in [6.45, 7) is 3.86. The first-order valence-electron chi connectivity index (χ1n) is 8.28. The number of carbonyl (C=O) groups excluding carboxylic acids is 1. The lowest BCUT2D eigenvalue weighted by atomic mass is 10.2. The van der Waals surface area contributed by atoms with Crippen LogP contribution in [-0.4, -0.2) is 36.5 Å². The zero-order valence-electron chi connectivity index (χ0n) is 15.1. The number of nitrogens with one attached hydrogen (secondary N) is 1. The van der Waals surface area contributed by atoms with Crippen molar-refractivity contribution >= 4 is 40.8 Å². The number of aromatic nitrogens is 4. The van der Waals surface area contributed by atoms with Crippen molar-refractivity contribution in [1.82, 2.24) is 19.6 Å². The lowest BCUT2D eigenvalue weighted by Gasteiger charge is -2.10. The van der Waals surface area contributed by atoms with Gasteiger partial charge in [-0.2, -0.15) is 10.2 Å². The van der Waals surface area contributed by atoms with Gasteiger partial charge in [-0.3, -0.25) is 14.2 Å². The third-order valence-electron chi connectivity index (χ3n) is 4.20. The molecule has 8 nitrogen and oxygen atoms in total. The molecule has 146 valence electrons. The molecule has 1 aromatic carbocycles. The lowest BCUT2D eigenvalue weighted by Crippen LogP contribution is -2.20. The number of amides is 1. The standard InChI is InChI=1S/C18H17Cl2N5O3/c1-10-17(22-16(26)9-24-7-12(6-21-24)18(27)28)11(2)25(23-10)8-13-14(19)4-3-5-15(13)20/h3-7H,8-9H2,1-2H3,(H,22,26)(H,27,28). The second kappa shape index (κ2) is 8.04. The molecule has 0 unspecified atom stereocenters. The maximum absolute atomic E-state index is 12.3. The number of carboxylic acids is 1. The Balaban J connectivity index is 1.76. The molecule has 0 saturated carbocycles. The van der Waals surface area contributed by atoms with Gasteiger partial charge in [-0.1, -0.05) is 29.3 Å². The Labute approximate surface area is 170 Å². The highest BCUT2D eigenvalue weighted by Crippen LogP contribution is 2.27. The topological polar surface area (TPSA) is 102 Å². The monoisotopic (exact) mass is 421 g/mol. The Morgan fingerprint density at radius 1 is 1.21 bits per heavy atom. The molecule has 0 fully saturated rings. The van der Waals surface area contributed by atoms with E-state index in [2.05, 4.69) is 15.5 Å². The van der Waals surface area contributed by atoms with Crippen molar-refractivity contribution in [3.8, 4) is 0 Å². The first kappa shape index (κ1) is 19.9. The number of carbonyl (C=O) groups is 2. The van der Waals surface area contributed by atoms with Crippen molar-refractivity contribution in [3.63, 3.8) is 0 Å². The van der Waals surface area contributed by atoms with Gasteiger partial charge in [0.05, 0.1) is 35.4 Å². The van der Waals surface area contributed by atoms with Crippen molar-refractivity contribution in [2.75, 3.05) is 5.32 Å². The number of nitrogens with zero attached hydrogens (tertiary/aromatic N) is 4. The summed E-state index contributed by atoms with van der Waals surface area (Å²) in [6, 6.07) is 5.28. The average molecular weight is 422 g/mol. The lowest BCUT2D eigenvalue weighted by molar-refractivity contribution is -0.116. The SMILES string of the molecule is Cc1nn(Cc2c(Cl)cccc2Cl)c(C)c1NC(=O)Cn1cc(C(=O)O)cn1. The van der Waals surface area contributed by atoms with Gasteiger partial charge in [-0.25, -0.2) is 4.79 Å². The smallest absolute Gasteiger partial charge is 0.338 e. The average Bonchev–Trinajstić information content (AvgIpc) is 3.19. The molecule has 3 rings (SSSR count). The molecule has 0 radical (unpaired) electrons. The van der Waals surface area contributed by atoms with E-state index in [1.807, 2.05) is 6.92 Å².